The number of hydrogen-bond donors (Lipinski definition) is 8. The molecule has 0 aliphatic rings. The molecule has 0 saturated carbocycles. The van der Waals surface area contributed by atoms with Gasteiger partial charge in [-0.2, -0.15) is 0 Å². The molecule has 10 N–H and O–H groups in total. The van der Waals surface area contributed by atoms with Crippen molar-refractivity contribution in [2.45, 2.75) is 155 Å². The van der Waals surface area contributed by atoms with Gasteiger partial charge in [0.15, 0.2) is 0 Å². The van der Waals surface area contributed by atoms with Crippen LogP contribution in [0.15, 0.2) is 0 Å². The van der Waals surface area contributed by atoms with Crippen molar-refractivity contribution >= 4 is 40.9 Å². The van der Waals surface area contributed by atoms with Gasteiger partial charge in [0.1, 0.15) is 12.5 Å². The Labute approximate surface area is 310 Å². The smallest absolute Gasteiger partial charge is 0.406 e. The minimum Gasteiger partial charge on any atom is -0.451 e. The molecule has 0 aromatic carbocycles. The maximum absolute atomic E-state index is 12.2. The molecule has 0 rings (SSSR count). The molecule has 51 heavy (non-hydrogen) atoms. The number of unbranched alkanes of at least 4 members (excludes halogenated alkanes) is 6. The fourth-order valence-electron chi connectivity index (χ4n) is 5.10. The molecule has 0 aliphatic carbocycles. The Hall–Kier alpha value is -2.61. The number of nitrogens with one attached hydrogen (secondary N) is 6. The third kappa shape index (κ3) is 31.8. The minimum atomic E-state index is -2.36. The molecule has 0 saturated heterocycles. The van der Waals surface area contributed by atoms with E-state index in [0.29, 0.717) is 26.2 Å². The normalized spacial score (nSPS) is 14.0. The summed E-state index contributed by atoms with van der Waals surface area (Å²) in [5, 5.41) is 17.2. The molecule has 0 aromatic heterocycles. The predicted octanol–water partition coefficient (Wildman–Crippen LogP) is 4.70. The molecule has 0 aliphatic heterocycles. The van der Waals surface area contributed by atoms with Gasteiger partial charge in [0, 0.05) is 50.3 Å². The molecule has 300 valence electrons. The second-order valence-corrected chi connectivity index (χ2v) is 23.6. The molecule has 0 heterocycles. The molecular weight excluding hydrogens is 689 g/mol. The van der Waals surface area contributed by atoms with Gasteiger partial charge in [-0.25, -0.2) is 19.2 Å². The number of hydrogen-bond acceptors (Lipinski definition) is 9. The van der Waals surface area contributed by atoms with Gasteiger partial charge in [-0.05, 0) is 105 Å². The minimum absolute atomic E-state index is 0.0867. The number of carbonyl (C=O) groups excluding carboxylic acids is 4. The van der Waals surface area contributed by atoms with E-state index in [1.54, 1.807) is 0 Å². The number of ether oxygens (including phenoxy) is 2. The third-order valence-electron chi connectivity index (χ3n) is 7.84. The van der Waals surface area contributed by atoms with Crippen molar-refractivity contribution < 1.29 is 32.8 Å². The van der Waals surface area contributed by atoms with E-state index < -0.39 is 28.8 Å². The van der Waals surface area contributed by atoms with Crippen molar-refractivity contribution in [2.24, 2.45) is 11.5 Å². The summed E-state index contributed by atoms with van der Waals surface area (Å²) in [6.45, 7) is 18.0. The molecule has 0 fully saturated rings. The van der Waals surface area contributed by atoms with Gasteiger partial charge < -0.3 is 57.0 Å². The van der Waals surface area contributed by atoms with Gasteiger partial charge in [-0.15, -0.1) is 0 Å². The zero-order valence-corrected chi connectivity index (χ0v) is 35.0. The van der Waals surface area contributed by atoms with Crippen LogP contribution >= 0.6 is 0 Å². The number of nitrogens with two attached hydrogens (primary N) is 2. The van der Waals surface area contributed by atoms with E-state index >= 15 is 0 Å². The molecule has 15 nitrogen and oxygen atoms in total. The Kier molecular flexibility index (Phi) is 26.5. The van der Waals surface area contributed by atoms with Crippen LogP contribution in [0.1, 0.15) is 105 Å². The number of amides is 6. The van der Waals surface area contributed by atoms with Gasteiger partial charge in [0.2, 0.25) is 16.6 Å². The average molecular weight is 763 g/mol. The first-order chi connectivity index (χ1) is 23.9. The highest BCUT2D eigenvalue weighted by Gasteiger charge is 2.35. The highest BCUT2D eigenvalue weighted by Crippen LogP contribution is 2.15. The highest BCUT2D eigenvalue weighted by molar-refractivity contribution is 6.84. The summed E-state index contributed by atoms with van der Waals surface area (Å²) in [5.41, 5.74) is 11.5. The first-order valence-corrected chi connectivity index (χ1v) is 25.2. The monoisotopic (exact) mass is 763 g/mol. The van der Waals surface area contributed by atoms with Crippen LogP contribution in [0.4, 0.5) is 19.2 Å². The van der Waals surface area contributed by atoms with Gasteiger partial charge in [0.25, 0.3) is 0 Å². The molecule has 4 unspecified atom stereocenters. The number of urea groups is 2. The Morgan fingerprint density at radius 2 is 0.824 bits per heavy atom. The SMILES string of the molecule is CC(N)CCC(C)NC(=O)NCCCCCCNC(=O)OC[Si](C)(C)O[Si](C)(C)COC(=O)NCCCCCCNC(=O)NC(C)CCC(C)N. The third-order valence-corrected chi connectivity index (χ3v) is 13.9. The molecular formula is C34H74N8O7Si2. The second kappa shape index (κ2) is 28.0. The lowest BCUT2D eigenvalue weighted by molar-refractivity contribution is 0.155. The summed E-state index contributed by atoms with van der Waals surface area (Å²) in [4.78, 5) is 48.4. The predicted molar refractivity (Wildman–Crippen MR) is 209 cm³/mol. The topological polar surface area (TPSA) is 220 Å². The van der Waals surface area contributed by atoms with Gasteiger partial charge in [-0.3, -0.25) is 0 Å². The summed E-state index contributed by atoms with van der Waals surface area (Å²) in [7, 11) is -4.71. The largest absolute Gasteiger partial charge is 0.451 e. The van der Waals surface area contributed by atoms with E-state index in [9.17, 15) is 19.2 Å². The quantitative estimate of drug-likeness (QED) is 0.0409. The van der Waals surface area contributed by atoms with E-state index in [1.165, 1.54) is 0 Å². The molecule has 0 bridgehead atoms. The molecule has 4 atom stereocenters. The summed E-state index contributed by atoms with van der Waals surface area (Å²) in [5.74, 6) is 0. The van der Waals surface area contributed by atoms with E-state index in [1.807, 2.05) is 53.9 Å². The summed E-state index contributed by atoms with van der Waals surface area (Å²) >= 11 is 0. The van der Waals surface area contributed by atoms with E-state index in [4.69, 9.17) is 25.1 Å². The highest BCUT2D eigenvalue weighted by atomic mass is 28.4. The van der Waals surface area contributed by atoms with Crippen LogP contribution in [0.25, 0.3) is 0 Å². The number of rotatable bonds is 28. The van der Waals surface area contributed by atoms with E-state index in [0.717, 1.165) is 77.0 Å². The van der Waals surface area contributed by atoms with E-state index in [-0.39, 0.29) is 48.7 Å². The van der Waals surface area contributed by atoms with Crippen LogP contribution < -0.4 is 43.4 Å². The van der Waals surface area contributed by atoms with Crippen molar-refractivity contribution in [3.63, 3.8) is 0 Å². The van der Waals surface area contributed by atoms with Crippen LogP contribution in [-0.4, -0.2) is 104 Å². The summed E-state index contributed by atoms with van der Waals surface area (Å²) < 4.78 is 17.3. The zero-order valence-electron chi connectivity index (χ0n) is 33.0. The maximum atomic E-state index is 12.2. The lowest BCUT2D eigenvalue weighted by Gasteiger charge is -2.32. The van der Waals surface area contributed by atoms with Crippen LogP contribution in [0.2, 0.25) is 26.2 Å². The Morgan fingerprint density at radius 3 is 1.14 bits per heavy atom. The lowest BCUT2D eigenvalue weighted by atomic mass is 10.1. The van der Waals surface area contributed by atoms with Crippen molar-refractivity contribution in [3.05, 3.63) is 0 Å². The molecule has 17 heteroatoms. The van der Waals surface area contributed by atoms with Crippen molar-refractivity contribution in [3.8, 4) is 0 Å². The summed E-state index contributed by atoms with van der Waals surface area (Å²) in [6, 6.07) is 0.126. The Morgan fingerprint density at radius 1 is 0.510 bits per heavy atom. The van der Waals surface area contributed by atoms with Gasteiger partial charge in [0.05, 0.1) is 0 Å². The number of alkyl carbamates (subject to hydrolysis) is 2. The van der Waals surface area contributed by atoms with Crippen LogP contribution in [0, 0.1) is 0 Å². The molecule has 6 amide bonds. The van der Waals surface area contributed by atoms with Crippen LogP contribution in [0.5, 0.6) is 0 Å². The van der Waals surface area contributed by atoms with Crippen molar-refractivity contribution in [1.29, 1.82) is 0 Å². The van der Waals surface area contributed by atoms with Crippen molar-refractivity contribution in [2.75, 3.05) is 38.6 Å². The fraction of sp³-hybridized carbons (Fsp3) is 0.882. The Bertz CT molecular complexity index is 903. The van der Waals surface area contributed by atoms with E-state index in [2.05, 4.69) is 31.9 Å². The van der Waals surface area contributed by atoms with Crippen LogP contribution in [0.3, 0.4) is 0 Å². The standard InChI is InChI=1S/C34H74N8O7Si2/c1-27(35)17-19-29(3)41-31(43)37-21-13-9-11-15-23-39-33(45)47-25-50(5,6)49-51(7,8)26-48-34(46)40-24-16-12-10-14-22-38-32(44)42-30(4)20-18-28(2)36/h27-30H,9-26,35-36H2,1-8H3,(H,39,45)(H,40,46)(H2,37,41,43)(H2,38,42,44). The lowest BCUT2D eigenvalue weighted by Crippen LogP contribution is -2.51. The second-order valence-electron chi connectivity index (χ2n) is 15.2. The maximum Gasteiger partial charge on any atom is 0.406 e. The fourth-order valence-corrected chi connectivity index (χ4v) is 12.5. The van der Waals surface area contributed by atoms with Crippen molar-refractivity contribution in [1.82, 2.24) is 31.9 Å². The molecule has 0 aromatic rings. The average Bonchev–Trinajstić information content (AvgIpc) is 3.02. The first kappa shape index (κ1) is 48.4. The number of carbonyl (C=O) groups is 4. The first-order valence-electron chi connectivity index (χ1n) is 19.0. The zero-order chi connectivity index (χ0) is 38.7. The molecule has 0 radical (unpaired) electrons. The summed E-state index contributed by atoms with van der Waals surface area (Å²) in [6.07, 6.45) is 10.0. The van der Waals surface area contributed by atoms with Crippen LogP contribution in [-0.2, 0) is 13.6 Å². The van der Waals surface area contributed by atoms with Gasteiger partial charge in [-0.1, -0.05) is 25.7 Å². The molecule has 0 spiro atoms. The van der Waals surface area contributed by atoms with Gasteiger partial charge >= 0.3 is 24.2 Å². The Balaban J connectivity index is 3.93.